The molecule has 1 unspecified atom stereocenters. The average Bonchev–Trinajstić information content (AvgIpc) is 2.82. The first-order valence-corrected chi connectivity index (χ1v) is 6.90. The number of halogens is 4. The predicted molar refractivity (Wildman–Crippen MR) is 74.7 cm³/mol. The molecular weight excluding hydrogens is 303 g/mol. The predicted octanol–water partition coefficient (Wildman–Crippen LogP) is 3.67. The van der Waals surface area contributed by atoms with Crippen LogP contribution in [0.4, 0.5) is 13.2 Å². The van der Waals surface area contributed by atoms with E-state index in [0.717, 1.165) is 12.5 Å². The molecule has 0 saturated carbocycles. The number of aryl methyl sites for hydroxylation is 1. The fourth-order valence-electron chi connectivity index (χ4n) is 2.25. The zero-order valence-corrected chi connectivity index (χ0v) is 12.4. The van der Waals surface area contributed by atoms with Gasteiger partial charge in [0.25, 0.3) is 0 Å². The van der Waals surface area contributed by atoms with Crippen molar-refractivity contribution in [3.05, 3.63) is 52.1 Å². The molecule has 0 radical (unpaired) electrons. The van der Waals surface area contributed by atoms with E-state index < -0.39 is 23.5 Å². The van der Waals surface area contributed by atoms with Gasteiger partial charge in [0.05, 0.1) is 23.0 Å². The minimum Gasteiger partial charge on any atom is -0.308 e. The molecule has 0 saturated heterocycles. The van der Waals surface area contributed by atoms with Crippen LogP contribution in [0.3, 0.4) is 0 Å². The number of aromatic nitrogens is 2. The van der Waals surface area contributed by atoms with Crippen LogP contribution in [0.2, 0.25) is 5.02 Å². The number of hydrogen-bond acceptors (Lipinski definition) is 2. The van der Waals surface area contributed by atoms with E-state index in [-0.39, 0.29) is 5.56 Å². The van der Waals surface area contributed by atoms with Gasteiger partial charge in [0.15, 0.2) is 17.5 Å². The fourth-order valence-corrected chi connectivity index (χ4v) is 2.50. The molecule has 1 N–H and O–H groups in total. The van der Waals surface area contributed by atoms with E-state index in [0.29, 0.717) is 17.3 Å². The normalized spacial score (nSPS) is 12.7. The van der Waals surface area contributed by atoms with Gasteiger partial charge in [-0.3, -0.25) is 4.68 Å². The summed E-state index contributed by atoms with van der Waals surface area (Å²) in [6.07, 6.45) is 2.26. The second-order valence-electron chi connectivity index (χ2n) is 4.59. The Morgan fingerprint density at radius 1 is 1.29 bits per heavy atom. The first kappa shape index (κ1) is 15.9. The van der Waals surface area contributed by atoms with Crippen LogP contribution in [-0.4, -0.2) is 16.8 Å². The van der Waals surface area contributed by atoms with Crippen molar-refractivity contribution in [1.29, 1.82) is 0 Å². The molecule has 7 heteroatoms. The Morgan fingerprint density at radius 3 is 2.62 bits per heavy atom. The molecular formula is C14H15ClF3N3. The minimum absolute atomic E-state index is 0.0175. The van der Waals surface area contributed by atoms with Crippen molar-refractivity contribution in [1.82, 2.24) is 15.1 Å². The lowest BCUT2D eigenvalue weighted by Crippen LogP contribution is -2.23. The summed E-state index contributed by atoms with van der Waals surface area (Å²) in [5.74, 6) is -3.95. The molecule has 0 bridgehead atoms. The Bertz CT molecular complexity index is 643. The van der Waals surface area contributed by atoms with Crippen molar-refractivity contribution >= 4 is 11.6 Å². The van der Waals surface area contributed by atoms with Crippen molar-refractivity contribution in [2.24, 2.45) is 0 Å². The van der Waals surface area contributed by atoms with Crippen LogP contribution in [0.25, 0.3) is 0 Å². The zero-order valence-electron chi connectivity index (χ0n) is 11.6. The number of nitrogens with one attached hydrogen (secondary N) is 1. The summed E-state index contributed by atoms with van der Waals surface area (Å²) in [5.41, 5.74) is 0.502. The van der Waals surface area contributed by atoms with Gasteiger partial charge in [-0.2, -0.15) is 5.10 Å². The third kappa shape index (κ3) is 2.91. The van der Waals surface area contributed by atoms with Crippen LogP contribution in [0.5, 0.6) is 0 Å². The third-order valence-corrected chi connectivity index (χ3v) is 3.50. The molecule has 2 aromatic rings. The Morgan fingerprint density at radius 2 is 2.00 bits per heavy atom. The number of benzene rings is 1. The van der Waals surface area contributed by atoms with E-state index in [1.165, 1.54) is 12.3 Å². The van der Waals surface area contributed by atoms with E-state index in [1.54, 1.807) is 11.7 Å². The van der Waals surface area contributed by atoms with E-state index in [4.69, 9.17) is 11.6 Å². The Hall–Kier alpha value is -1.53. The van der Waals surface area contributed by atoms with Gasteiger partial charge < -0.3 is 5.32 Å². The molecule has 0 fully saturated rings. The van der Waals surface area contributed by atoms with Crippen LogP contribution >= 0.6 is 11.6 Å². The van der Waals surface area contributed by atoms with Crippen LogP contribution in [0.1, 0.15) is 30.6 Å². The lowest BCUT2D eigenvalue weighted by atomic mass is 10.0. The van der Waals surface area contributed by atoms with Crippen LogP contribution in [0.15, 0.2) is 18.3 Å². The fraction of sp³-hybridized carbons (Fsp3) is 0.357. The maximum Gasteiger partial charge on any atom is 0.194 e. The van der Waals surface area contributed by atoms with Crippen LogP contribution in [-0.2, 0) is 6.54 Å². The molecule has 114 valence electrons. The molecule has 3 nitrogen and oxygen atoms in total. The van der Waals surface area contributed by atoms with E-state index in [1.807, 2.05) is 6.92 Å². The lowest BCUT2D eigenvalue weighted by molar-refractivity contribution is 0.431. The topological polar surface area (TPSA) is 29.9 Å². The van der Waals surface area contributed by atoms with Gasteiger partial charge in [-0.1, -0.05) is 24.6 Å². The smallest absolute Gasteiger partial charge is 0.194 e. The third-order valence-electron chi connectivity index (χ3n) is 3.21. The molecule has 1 heterocycles. The summed E-state index contributed by atoms with van der Waals surface area (Å²) in [6.45, 7) is 2.55. The number of nitrogens with zero attached hydrogens (tertiary/aromatic N) is 2. The molecule has 21 heavy (non-hydrogen) atoms. The summed E-state index contributed by atoms with van der Waals surface area (Å²) in [5, 5.41) is 7.34. The van der Waals surface area contributed by atoms with Crippen molar-refractivity contribution in [2.75, 3.05) is 7.05 Å². The van der Waals surface area contributed by atoms with Crippen molar-refractivity contribution in [3.8, 4) is 0 Å². The zero-order chi connectivity index (χ0) is 15.6. The van der Waals surface area contributed by atoms with E-state index in [9.17, 15) is 13.2 Å². The molecule has 1 aromatic carbocycles. The summed E-state index contributed by atoms with van der Waals surface area (Å²) in [4.78, 5) is 0. The Labute approximate surface area is 125 Å². The monoisotopic (exact) mass is 317 g/mol. The summed E-state index contributed by atoms with van der Waals surface area (Å²) >= 11 is 6.11. The van der Waals surface area contributed by atoms with Gasteiger partial charge in [-0.15, -0.1) is 0 Å². The molecule has 0 aliphatic heterocycles. The van der Waals surface area contributed by atoms with Gasteiger partial charge in [0.2, 0.25) is 0 Å². The largest absolute Gasteiger partial charge is 0.308 e. The second-order valence-corrected chi connectivity index (χ2v) is 4.99. The van der Waals surface area contributed by atoms with Gasteiger partial charge in [0, 0.05) is 12.1 Å². The highest BCUT2D eigenvalue weighted by atomic mass is 35.5. The molecule has 0 amide bonds. The van der Waals surface area contributed by atoms with Crippen molar-refractivity contribution < 1.29 is 13.2 Å². The SMILES string of the molecule is CCCn1ncc(Cl)c1C(NC)c1ccc(F)c(F)c1F. The standard InChI is InChI=1S/C14H15ClF3N3/c1-3-6-21-14(9(15)7-20-21)13(19-2)8-4-5-10(16)12(18)11(8)17/h4-5,7,13,19H,3,6H2,1-2H3. The maximum absolute atomic E-state index is 14.0. The van der Waals surface area contributed by atoms with Gasteiger partial charge >= 0.3 is 0 Å². The minimum atomic E-state index is -1.49. The van der Waals surface area contributed by atoms with E-state index >= 15 is 0 Å². The van der Waals surface area contributed by atoms with Gasteiger partial charge in [0.1, 0.15) is 0 Å². The van der Waals surface area contributed by atoms with Gasteiger partial charge in [-0.05, 0) is 19.5 Å². The van der Waals surface area contributed by atoms with Crippen LogP contribution in [0, 0.1) is 17.5 Å². The highest BCUT2D eigenvalue weighted by molar-refractivity contribution is 6.31. The highest BCUT2D eigenvalue weighted by Gasteiger charge is 2.26. The first-order valence-electron chi connectivity index (χ1n) is 6.53. The van der Waals surface area contributed by atoms with E-state index in [2.05, 4.69) is 10.4 Å². The van der Waals surface area contributed by atoms with Crippen LogP contribution < -0.4 is 5.32 Å². The van der Waals surface area contributed by atoms with Crippen molar-refractivity contribution in [3.63, 3.8) is 0 Å². The molecule has 0 spiro atoms. The Balaban J connectivity index is 2.55. The summed E-state index contributed by atoms with van der Waals surface area (Å²) in [6, 6.07) is 1.38. The Kier molecular flexibility index (Phi) is 4.90. The average molecular weight is 318 g/mol. The molecule has 0 aliphatic carbocycles. The maximum atomic E-state index is 14.0. The quantitative estimate of drug-likeness (QED) is 0.853. The summed E-state index contributed by atoms with van der Waals surface area (Å²) in [7, 11) is 1.59. The number of rotatable bonds is 5. The van der Waals surface area contributed by atoms with Gasteiger partial charge in [-0.25, -0.2) is 13.2 Å². The van der Waals surface area contributed by atoms with Crippen molar-refractivity contribution in [2.45, 2.75) is 25.9 Å². The molecule has 2 rings (SSSR count). The lowest BCUT2D eigenvalue weighted by Gasteiger charge is -2.20. The summed E-state index contributed by atoms with van der Waals surface area (Å²) < 4.78 is 42.2. The molecule has 0 aliphatic rings. The number of hydrogen-bond donors (Lipinski definition) is 1. The second kappa shape index (κ2) is 6.49. The highest BCUT2D eigenvalue weighted by Crippen LogP contribution is 2.31. The molecule has 1 aromatic heterocycles. The first-order chi connectivity index (χ1) is 10.0. The molecule has 1 atom stereocenters.